The smallest absolute Gasteiger partial charge is 0.164 e. The summed E-state index contributed by atoms with van der Waals surface area (Å²) in [6, 6.07) is 78.1. The average Bonchev–Trinajstić information content (AvgIpc) is 3.39. The number of hydrogen-bond donors (Lipinski definition) is 0. The van der Waals surface area contributed by atoms with Gasteiger partial charge in [0.1, 0.15) is 0 Å². The molecule has 0 saturated heterocycles. The molecule has 4 heterocycles. The van der Waals surface area contributed by atoms with Gasteiger partial charge in [0.05, 0.1) is 22.7 Å². The van der Waals surface area contributed by atoms with Crippen molar-refractivity contribution >= 4 is 69.4 Å². The Morgan fingerprint density at radius 2 is 0.576 bits per heavy atom. The summed E-state index contributed by atoms with van der Waals surface area (Å²) in [6.07, 6.45) is 0. The fourth-order valence-electron chi connectivity index (χ4n) is 9.34. The van der Waals surface area contributed by atoms with Crippen LogP contribution < -0.4 is 9.80 Å². The van der Waals surface area contributed by atoms with Gasteiger partial charge < -0.3 is 9.80 Å². The van der Waals surface area contributed by atoms with Gasteiger partial charge in [-0.15, -0.1) is 0 Å². The molecule has 0 unspecified atom stereocenters. The molecule has 0 saturated carbocycles. The second kappa shape index (κ2) is 16.3. The molecule has 0 aliphatic carbocycles. The van der Waals surface area contributed by atoms with E-state index in [1.54, 1.807) is 0 Å². The number of fused-ring (bicyclic) bond motifs is 6. The SMILES string of the molecule is c1ccc2c(c1)Sc1ccccc1C2c1ccc(-c2nc(-c3ccc(N4c5ccccc5Sc5ccccc54)cc3)nc(-c3ccc(N4c5ccccc5Sc5ccccc54)cc3)n2)cc1. The van der Waals surface area contributed by atoms with Gasteiger partial charge in [0.2, 0.25) is 0 Å². The van der Waals surface area contributed by atoms with Crippen molar-refractivity contribution in [3.8, 4) is 34.2 Å². The third-order valence-electron chi connectivity index (χ3n) is 12.4. The highest BCUT2D eigenvalue weighted by molar-refractivity contribution is 8.00. The molecule has 312 valence electrons. The molecule has 0 radical (unpaired) electrons. The quantitative estimate of drug-likeness (QED) is 0.164. The zero-order chi connectivity index (χ0) is 43.6. The summed E-state index contributed by atoms with van der Waals surface area (Å²) >= 11 is 5.48. The van der Waals surface area contributed by atoms with E-state index in [1.165, 1.54) is 68.8 Å². The topological polar surface area (TPSA) is 45.2 Å². The Kier molecular flexibility index (Phi) is 9.62. The summed E-state index contributed by atoms with van der Waals surface area (Å²) in [6.45, 7) is 0. The molecule has 3 aliphatic rings. The Morgan fingerprint density at radius 3 is 0.939 bits per heavy atom. The summed E-state index contributed by atoms with van der Waals surface area (Å²) in [5.74, 6) is 1.99. The van der Waals surface area contributed by atoms with E-state index in [4.69, 9.17) is 15.0 Å². The van der Waals surface area contributed by atoms with Crippen LogP contribution in [-0.2, 0) is 0 Å². The highest BCUT2D eigenvalue weighted by Crippen LogP contribution is 2.53. The normalized spacial score (nSPS) is 13.5. The molecule has 10 aromatic rings. The van der Waals surface area contributed by atoms with Gasteiger partial charge in [-0.1, -0.05) is 144 Å². The number of anilines is 6. The van der Waals surface area contributed by atoms with Crippen molar-refractivity contribution in [2.45, 2.75) is 35.3 Å². The molecule has 13 rings (SSSR count). The highest BCUT2D eigenvalue weighted by Gasteiger charge is 2.29. The Labute approximate surface area is 396 Å². The van der Waals surface area contributed by atoms with Gasteiger partial charge in [-0.3, -0.25) is 0 Å². The van der Waals surface area contributed by atoms with Crippen LogP contribution in [-0.4, -0.2) is 15.0 Å². The van der Waals surface area contributed by atoms with Gasteiger partial charge in [-0.25, -0.2) is 15.0 Å². The molecule has 5 nitrogen and oxygen atoms in total. The van der Waals surface area contributed by atoms with Crippen LogP contribution in [0.25, 0.3) is 34.2 Å². The molecular formula is C58H37N5S3. The van der Waals surface area contributed by atoms with Gasteiger partial charge in [0, 0.05) is 63.4 Å². The Balaban J connectivity index is 0.901. The maximum Gasteiger partial charge on any atom is 0.164 e. The van der Waals surface area contributed by atoms with Gasteiger partial charge in [0.15, 0.2) is 17.5 Å². The van der Waals surface area contributed by atoms with E-state index in [2.05, 4.69) is 228 Å². The van der Waals surface area contributed by atoms with Crippen LogP contribution in [0.4, 0.5) is 34.1 Å². The molecule has 3 aliphatic heterocycles. The molecule has 66 heavy (non-hydrogen) atoms. The molecule has 8 heteroatoms. The summed E-state index contributed by atoms with van der Waals surface area (Å²) in [5.41, 5.74) is 13.5. The van der Waals surface area contributed by atoms with Crippen molar-refractivity contribution in [2.24, 2.45) is 0 Å². The van der Waals surface area contributed by atoms with Crippen LogP contribution in [0.3, 0.4) is 0 Å². The maximum atomic E-state index is 5.22. The Hall–Kier alpha value is -7.36. The summed E-state index contributed by atoms with van der Waals surface area (Å²) in [4.78, 5) is 27.8. The number of para-hydroxylation sites is 4. The fourth-order valence-corrected chi connectivity index (χ4v) is 12.6. The number of aromatic nitrogens is 3. The third-order valence-corrected chi connectivity index (χ3v) is 15.9. The fraction of sp³-hybridized carbons (Fsp3) is 0.0172. The summed E-state index contributed by atoms with van der Waals surface area (Å²) in [7, 11) is 0. The summed E-state index contributed by atoms with van der Waals surface area (Å²) < 4.78 is 0. The van der Waals surface area contributed by atoms with Crippen molar-refractivity contribution in [1.29, 1.82) is 0 Å². The second-order valence-electron chi connectivity index (χ2n) is 16.4. The minimum absolute atomic E-state index is 0.129. The van der Waals surface area contributed by atoms with E-state index in [9.17, 15) is 0 Å². The number of rotatable bonds is 6. The van der Waals surface area contributed by atoms with E-state index in [1.807, 2.05) is 35.3 Å². The first-order valence-electron chi connectivity index (χ1n) is 22.0. The molecule has 0 spiro atoms. The molecule has 9 aromatic carbocycles. The van der Waals surface area contributed by atoms with Gasteiger partial charge >= 0.3 is 0 Å². The van der Waals surface area contributed by atoms with E-state index in [-0.39, 0.29) is 5.92 Å². The standard InChI is InChI=1S/C58H37N5S3/c1-7-19-49-43(13-1)55(44-14-2-8-20-50(44)64-49)37-25-27-38(28-26-37)56-59-57(39-29-33-41(34-30-39)62-45-15-3-9-21-51(45)65-52-22-10-4-16-46(52)62)61-58(60-56)40-31-35-42(36-32-40)63-47-17-5-11-23-53(47)66-54-24-12-6-18-48(54)63/h1-36,55H. The molecule has 0 bridgehead atoms. The van der Waals surface area contributed by atoms with Crippen LogP contribution in [0.15, 0.2) is 248 Å². The minimum atomic E-state index is 0.129. The van der Waals surface area contributed by atoms with E-state index >= 15 is 0 Å². The summed E-state index contributed by atoms with van der Waals surface area (Å²) in [5, 5.41) is 0. The predicted molar refractivity (Wildman–Crippen MR) is 272 cm³/mol. The monoisotopic (exact) mass is 899 g/mol. The van der Waals surface area contributed by atoms with Crippen molar-refractivity contribution in [3.63, 3.8) is 0 Å². The molecule has 0 fully saturated rings. The lowest BCUT2D eigenvalue weighted by Crippen LogP contribution is -2.14. The molecule has 1 aromatic heterocycles. The van der Waals surface area contributed by atoms with Gasteiger partial charge in [-0.05, 0) is 126 Å². The lowest BCUT2D eigenvalue weighted by molar-refractivity contribution is 0.902. The van der Waals surface area contributed by atoms with Crippen LogP contribution >= 0.6 is 35.3 Å². The van der Waals surface area contributed by atoms with Crippen LogP contribution in [0, 0.1) is 0 Å². The molecule has 0 atom stereocenters. The predicted octanol–water partition coefficient (Wildman–Crippen LogP) is 16.4. The zero-order valence-corrected chi connectivity index (χ0v) is 37.8. The van der Waals surface area contributed by atoms with Gasteiger partial charge in [-0.2, -0.15) is 0 Å². The average molecular weight is 900 g/mol. The maximum absolute atomic E-state index is 5.22. The van der Waals surface area contributed by atoms with Crippen LogP contribution in [0.1, 0.15) is 22.6 Å². The Morgan fingerprint density at radius 1 is 0.288 bits per heavy atom. The minimum Gasteiger partial charge on any atom is -0.308 e. The second-order valence-corrected chi connectivity index (χ2v) is 19.6. The lowest BCUT2D eigenvalue weighted by atomic mass is 9.84. The Bertz CT molecular complexity index is 2970. The molecular weight excluding hydrogens is 863 g/mol. The number of nitrogens with zero attached hydrogens (tertiary/aromatic N) is 5. The van der Waals surface area contributed by atoms with Crippen molar-refractivity contribution in [1.82, 2.24) is 15.0 Å². The van der Waals surface area contributed by atoms with E-state index < -0.39 is 0 Å². The molecule has 0 N–H and O–H groups in total. The van der Waals surface area contributed by atoms with E-state index in [0.29, 0.717) is 17.5 Å². The van der Waals surface area contributed by atoms with E-state index in [0.717, 1.165) is 28.1 Å². The van der Waals surface area contributed by atoms with Crippen LogP contribution in [0.5, 0.6) is 0 Å². The highest BCUT2D eigenvalue weighted by atomic mass is 32.2. The van der Waals surface area contributed by atoms with Crippen molar-refractivity contribution in [2.75, 3.05) is 9.80 Å². The largest absolute Gasteiger partial charge is 0.308 e. The molecule has 0 amide bonds. The number of hydrogen-bond acceptors (Lipinski definition) is 8. The number of benzene rings is 9. The van der Waals surface area contributed by atoms with Crippen molar-refractivity contribution < 1.29 is 0 Å². The van der Waals surface area contributed by atoms with Crippen LogP contribution in [0.2, 0.25) is 0 Å². The zero-order valence-electron chi connectivity index (χ0n) is 35.3. The first-order valence-corrected chi connectivity index (χ1v) is 24.4. The third kappa shape index (κ3) is 6.80. The van der Waals surface area contributed by atoms with Gasteiger partial charge in [0.25, 0.3) is 0 Å². The first kappa shape index (κ1) is 39.0. The van der Waals surface area contributed by atoms with Crippen molar-refractivity contribution in [3.05, 3.63) is 235 Å². The lowest BCUT2D eigenvalue weighted by Gasteiger charge is -2.32. The first-order chi connectivity index (χ1) is 32.7.